The van der Waals surface area contributed by atoms with Crippen LogP contribution in [-0.4, -0.2) is 23.6 Å². The second-order valence-corrected chi connectivity index (χ2v) is 6.13. The zero-order valence-corrected chi connectivity index (χ0v) is 13.3. The van der Waals surface area contributed by atoms with Gasteiger partial charge in [-0.05, 0) is 31.0 Å². The third-order valence-corrected chi connectivity index (χ3v) is 4.72. The van der Waals surface area contributed by atoms with Gasteiger partial charge in [-0.3, -0.25) is 5.32 Å². The number of aromatic amines is 2. The molecule has 4 rings (SSSR count). The minimum Gasteiger partial charge on any atom is -0.356 e. The highest BCUT2D eigenvalue weighted by Gasteiger charge is 2.29. The number of anilines is 1. The summed E-state index contributed by atoms with van der Waals surface area (Å²) in [7, 11) is 1.90. The molecule has 2 atom stereocenters. The molecule has 2 unspecified atom stereocenters. The third kappa shape index (κ3) is 2.68. The molecular weight excluding hydrogens is 286 g/mol. The van der Waals surface area contributed by atoms with E-state index in [2.05, 4.69) is 57.0 Å². The highest BCUT2D eigenvalue weighted by atomic mass is 15.1. The molecule has 3 heterocycles. The molecule has 1 fully saturated rings. The van der Waals surface area contributed by atoms with Gasteiger partial charge < -0.3 is 10.3 Å². The van der Waals surface area contributed by atoms with E-state index in [0.29, 0.717) is 12.0 Å². The smallest absolute Gasteiger partial charge is 0.356 e. The molecule has 5 nitrogen and oxygen atoms in total. The number of nitrogens with one attached hydrogen (secondary N) is 4. The van der Waals surface area contributed by atoms with Crippen molar-refractivity contribution in [1.82, 2.24) is 15.3 Å². The molecule has 1 aliphatic rings. The molecule has 23 heavy (non-hydrogen) atoms. The van der Waals surface area contributed by atoms with Crippen molar-refractivity contribution in [3.05, 3.63) is 53.9 Å². The van der Waals surface area contributed by atoms with Gasteiger partial charge in [0, 0.05) is 18.2 Å². The van der Waals surface area contributed by atoms with E-state index in [4.69, 9.17) is 4.98 Å². The number of piperidine rings is 1. The molecule has 1 aliphatic heterocycles. The van der Waals surface area contributed by atoms with E-state index < -0.39 is 0 Å². The molecule has 2 aromatic heterocycles. The third-order valence-electron chi connectivity index (χ3n) is 4.72. The fourth-order valence-corrected chi connectivity index (χ4v) is 3.54. The molecular formula is C18H22N5+. The predicted octanol–water partition coefficient (Wildman–Crippen LogP) is 2.63. The zero-order chi connectivity index (χ0) is 15.6. The van der Waals surface area contributed by atoms with Gasteiger partial charge in [-0.25, -0.2) is 4.98 Å². The lowest BCUT2D eigenvalue weighted by Crippen LogP contribution is -2.31. The summed E-state index contributed by atoms with van der Waals surface area (Å²) in [6.45, 7) is 1.02. The Kier molecular flexibility index (Phi) is 3.71. The first-order chi connectivity index (χ1) is 11.3. The summed E-state index contributed by atoms with van der Waals surface area (Å²) in [5.74, 6) is 1.27. The largest absolute Gasteiger partial charge is 0.389 e. The zero-order valence-electron chi connectivity index (χ0n) is 13.3. The SMILES string of the molecule is CNc1nc(C2CCNC(c3ccccc3)C2)c2[nH]ccc2[nH+]1. The number of fused-ring (bicyclic) bond motifs is 1. The van der Waals surface area contributed by atoms with Crippen molar-refractivity contribution < 1.29 is 4.98 Å². The van der Waals surface area contributed by atoms with E-state index in [1.165, 1.54) is 5.56 Å². The molecule has 5 heteroatoms. The van der Waals surface area contributed by atoms with Crippen LogP contribution >= 0.6 is 0 Å². The first-order valence-corrected chi connectivity index (χ1v) is 8.21. The highest BCUT2D eigenvalue weighted by Crippen LogP contribution is 2.35. The van der Waals surface area contributed by atoms with Crippen LogP contribution in [0.5, 0.6) is 0 Å². The van der Waals surface area contributed by atoms with Crippen molar-refractivity contribution >= 4 is 17.0 Å². The van der Waals surface area contributed by atoms with Crippen LogP contribution in [0.2, 0.25) is 0 Å². The molecule has 118 valence electrons. The summed E-state index contributed by atoms with van der Waals surface area (Å²) in [6.07, 6.45) is 4.15. The molecule has 1 aromatic carbocycles. The summed E-state index contributed by atoms with van der Waals surface area (Å²) in [5, 5.41) is 6.78. The van der Waals surface area contributed by atoms with Crippen LogP contribution in [0.25, 0.3) is 11.0 Å². The summed E-state index contributed by atoms with van der Waals surface area (Å²) >= 11 is 0. The topological polar surface area (TPSA) is 66.9 Å². The standard InChI is InChI=1S/C18H21N5/c1-19-18-22-14-8-10-21-17(14)16(23-18)13-7-9-20-15(11-13)12-5-3-2-4-6-12/h2-6,8,10,13,15,20-21H,7,9,11H2,1H3,(H,19,22,23)/p+1. The van der Waals surface area contributed by atoms with Gasteiger partial charge in [-0.1, -0.05) is 35.3 Å². The average Bonchev–Trinajstić information content (AvgIpc) is 3.10. The second kappa shape index (κ2) is 6.01. The number of benzene rings is 1. The van der Waals surface area contributed by atoms with Crippen LogP contribution in [-0.2, 0) is 0 Å². The molecule has 4 N–H and O–H groups in total. The summed E-state index contributed by atoms with van der Waals surface area (Å²) < 4.78 is 0. The van der Waals surface area contributed by atoms with E-state index in [9.17, 15) is 0 Å². The van der Waals surface area contributed by atoms with E-state index in [-0.39, 0.29) is 0 Å². The first kappa shape index (κ1) is 14.2. The fraction of sp³-hybridized carbons (Fsp3) is 0.333. The van der Waals surface area contributed by atoms with Gasteiger partial charge in [0.05, 0.1) is 7.05 Å². The van der Waals surface area contributed by atoms with Crippen molar-refractivity contribution in [3.8, 4) is 0 Å². The van der Waals surface area contributed by atoms with Crippen LogP contribution in [0.4, 0.5) is 5.95 Å². The van der Waals surface area contributed by atoms with Crippen molar-refractivity contribution in [3.63, 3.8) is 0 Å². The van der Waals surface area contributed by atoms with Crippen LogP contribution < -0.4 is 15.6 Å². The Morgan fingerprint density at radius 2 is 2.09 bits per heavy atom. The molecule has 0 radical (unpaired) electrons. The first-order valence-electron chi connectivity index (χ1n) is 8.21. The second-order valence-electron chi connectivity index (χ2n) is 6.13. The Morgan fingerprint density at radius 3 is 2.91 bits per heavy atom. The van der Waals surface area contributed by atoms with Crippen LogP contribution in [0.1, 0.15) is 36.1 Å². The number of nitrogens with zero attached hydrogens (tertiary/aromatic N) is 1. The number of hydrogen-bond donors (Lipinski definition) is 3. The Morgan fingerprint density at radius 1 is 1.22 bits per heavy atom. The van der Waals surface area contributed by atoms with Gasteiger partial charge in [0.25, 0.3) is 0 Å². The molecule has 0 amide bonds. The molecule has 0 saturated carbocycles. The molecule has 0 bridgehead atoms. The summed E-state index contributed by atoms with van der Waals surface area (Å²) in [4.78, 5) is 11.5. The Hall–Kier alpha value is -2.40. The van der Waals surface area contributed by atoms with Crippen LogP contribution in [0.15, 0.2) is 42.6 Å². The van der Waals surface area contributed by atoms with E-state index in [1.807, 2.05) is 13.2 Å². The van der Waals surface area contributed by atoms with Crippen molar-refractivity contribution in [1.29, 1.82) is 0 Å². The van der Waals surface area contributed by atoms with Gasteiger partial charge in [0.15, 0.2) is 0 Å². The Labute approximate surface area is 135 Å². The summed E-state index contributed by atoms with van der Waals surface area (Å²) in [6, 6.07) is 13.2. The number of rotatable bonds is 3. The quantitative estimate of drug-likeness (QED) is 0.697. The minimum atomic E-state index is 0.393. The summed E-state index contributed by atoms with van der Waals surface area (Å²) in [5.41, 5.74) is 4.75. The van der Waals surface area contributed by atoms with E-state index in [1.54, 1.807) is 0 Å². The average molecular weight is 308 g/mol. The Bertz CT molecular complexity index is 796. The molecule has 3 aromatic rings. The maximum Gasteiger partial charge on any atom is 0.389 e. The predicted molar refractivity (Wildman–Crippen MR) is 91.4 cm³/mol. The van der Waals surface area contributed by atoms with Gasteiger partial charge in [-0.2, -0.15) is 0 Å². The lowest BCUT2D eigenvalue weighted by atomic mass is 9.86. The lowest BCUT2D eigenvalue weighted by Gasteiger charge is -2.29. The highest BCUT2D eigenvalue weighted by molar-refractivity contribution is 5.75. The van der Waals surface area contributed by atoms with Crippen LogP contribution in [0, 0.1) is 0 Å². The maximum absolute atomic E-state index is 4.82. The monoisotopic (exact) mass is 308 g/mol. The van der Waals surface area contributed by atoms with Crippen LogP contribution in [0.3, 0.4) is 0 Å². The van der Waals surface area contributed by atoms with E-state index in [0.717, 1.165) is 42.1 Å². The molecule has 0 aliphatic carbocycles. The van der Waals surface area contributed by atoms with Gasteiger partial charge in [0.2, 0.25) is 0 Å². The van der Waals surface area contributed by atoms with Gasteiger partial charge >= 0.3 is 5.95 Å². The molecule has 0 spiro atoms. The fourth-order valence-electron chi connectivity index (χ4n) is 3.54. The number of aromatic nitrogens is 3. The van der Waals surface area contributed by atoms with Crippen molar-refractivity contribution in [2.75, 3.05) is 18.9 Å². The van der Waals surface area contributed by atoms with Gasteiger partial charge in [-0.15, -0.1) is 0 Å². The number of H-pyrrole nitrogens is 2. The normalized spacial score (nSPS) is 21.4. The number of hydrogen-bond acceptors (Lipinski definition) is 3. The Balaban J connectivity index is 1.69. The van der Waals surface area contributed by atoms with Gasteiger partial charge in [0.1, 0.15) is 16.7 Å². The minimum absolute atomic E-state index is 0.393. The van der Waals surface area contributed by atoms with E-state index >= 15 is 0 Å². The lowest BCUT2D eigenvalue weighted by molar-refractivity contribution is -0.331. The molecule has 1 saturated heterocycles. The maximum atomic E-state index is 4.82. The van der Waals surface area contributed by atoms with Crippen molar-refractivity contribution in [2.45, 2.75) is 24.8 Å². The van der Waals surface area contributed by atoms with Crippen molar-refractivity contribution in [2.24, 2.45) is 0 Å².